The summed E-state index contributed by atoms with van der Waals surface area (Å²) in [4.78, 5) is 10.9. The third-order valence-electron chi connectivity index (χ3n) is 1.92. The maximum absolute atomic E-state index is 10.9. The van der Waals surface area contributed by atoms with E-state index >= 15 is 0 Å². The molecule has 0 saturated heterocycles. The number of carbonyl (C=O) groups is 1. The number of carbonyl (C=O) groups excluding carboxylic acids is 1. The second-order valence-electron chi connectivity index (χ2n) is 3.13. The second kappa shape index (κ2) is 6.33. The van der Waals surface area contributed by atoms with Crippen LogP contribution in [-0.2, 0) is 9.53 Å². The van der Waals surface area contributed by atoms with E-state index in [2.05, 4.69) is 22.6 Å². The lowest BCUT2D eigenvalue weighted by Crippen LogP contribution is -2.09. The number of ether oxygens (including phenoxy) is 1. The van der Waals surface area contributed by atoms with Crippen LogP contribution in [0.5, 0.6) is 0 Å². The zero-order valence-electron chi connectivity index (χ0n) is 8.37. The van der Waals surface area contributed by atoms with Gasteiger partial charge in [-0.05, 0) is 40.3 Å². The minimum Gasteiger partial charge on any atom is -0.458 e. The number of hydrogen-bond acceptors (Lipinski definition) is 2. The lowest BCUT2D eigenvalue weighted by atomic mass is 10.1. The van der Waals surface area contributed by atoms with E-state index in [1.54, 1.807) is 0 Å². The van der Waals surface area contributed by atoms with E-state index in [9.17, 15) is 4.79 Å². The summed E-state index contributed by atoms with van der Waals surface area (Å²) >= 11 is 7.90. The van der Waals surface area contributed by atoms with Gasteiger partial charge in [0.05, 0.1) is 0 Å². The smallest absolute Gasteiger partial charge is 0.303 e. The third kappa shape index (κ3) is 4.38. The summed E-state index contributed by atoms with van der Waals surface area (Å²) in [5, 5.41) is 0. The van der Waals surface area contributed by atoms with Crippen molar-refractivity contribution in [3.8, 4) is 0 Å². The fourth-order valence-electron chi connectivity index (χ4n) is 1.27. The molecule has 0 fully saturated rings. The zero-order valence-corrected chi connectivity index (χ0v) is 11.3. The molecule has 82 valence electrons. The van der Waals surface area contributed by atoms with Gasteiger partial charge in [0.25, 0.3) is 0 Å². The number of halogens is 2. The van der Waals surface area contributed by atoms with Crippen LogP contribution in [0.2, 0.25) is 0 Å². The molecule has 4 heteroatoms. The quantitative estimate of drug-likeness (QED) is 0.477. The third-order valence-corrected chi connectivity index (χ3v) is 2.86. The van der Waals surface area contributed by atoms with Crippen LogP contribution < -0.4 is 0 Å². The first kappa shape index (κ1) is 12.8. The van der Waals surface area contributed by atoms with E-state index in [-0.39, 0.29) is 12.1 Å². The molecule has 1 rings (SSSR count). The van der Waals surface area contributed by atoms with Crippen LogP contribution in [0.1, 0.15) is 25.0 Å². The van der Waals surface area contributed by atoms with Crippen molar-refractivity contribution in [1.82, 2.24) is 0 Å². The molecule has 0 heterocycles. The molecule has 0 aliphatic carbocycles. The van der Waals surface area contributed by atoms with Crippen LogP contribution in [0.4, 0.5) is 0 Å². The molecule has 0 spiro atoms. The molecule has 0 aliphatic heterocycles. The Morgan fingerprint density at radius 1 is 1.47 bits per heavy atom. The maximum atomic E-state index is 10.9. The van der Waals surface area contributed by atoms with Crippen LogP contribution in [0.25, 0.3) is 0 Å². The first-order valence-electron chi connectivity index (χ1n) is 4.62. The molecule has 0 N–H and O–H groups in total. The highest BCUT2D eigenvalue weighted by Gasteiger charge is 2.13. The van der Waals surface area contributed by atoms with E-state index in [0.717, 1.165) is 9.13 Å². The average Bonchev–Trinajstić information content (AvgIpc) is 2.17. The van der Waals surface area contributed by atoms with Crippen molar-refractivity contribution in [2.24, 2.45) is 0 Å². The van der Waals surface area contributed by atoms with E-state index in [4.69, 9.17) is 16.3 Å². The summed E-state index contributed by atoms with van der Waals surface area (Å²) < 4.78 is 6.35. The molecular weight excluding hydrogens is 326 g/mol. The van der Waals surface area contributed by atoms with Crippen LogP contribution >= 0.6 is 34.2 Å². The van der Waals surface area contributed by atoms with Gasteiger partial charge in [-0.1, -0.05) is 12.1 Å². The molecule has 15 heavy (non-hydrogen) atoms. The Hall–Kier alpha value is -0.290. The van der Waals surface area contributed by atoms with Crippen molar-refractivity contribution in [1.29, 1.82) is 0 Å². The van der Waals surface area contributed by atoms with Crippen molar-refractivity contribution >= 4 is 40.2 Å². The van der Waals surface area contributed by atoms with Crippen LogP contribution in [-0.4, -0.2) is 11.8 Å². The van der Waals surface area contributed by atoms with Gasteiger partial charge in [0.15, 0.2) is 0 Å². The van der Waals surface area contributed by atoms with Crippen molar-refractivity contribution in [3.63, 3.8) is 0 Å². The number of hydrogen-bond donors (Lipinski definition) is 0. The molecular formula is C11H12ClIO2. The van der Waals surface area contributed by atoms with Gasteiger partial charge in [0.1, 0.15) is 6.10 Å². The largest absolute Gasteiger partial charge is 0.458 e. The highest BCUT2D eigenvalue weighted by molar-refractivity contribution is 14.1. The molecule has 0 saturated carbocycles. The molecule has 0 bridgehead atoms. The first-order valence-corrected chi connectivity index (χ1v) is 6.23. The normalized spacial score (nSPS) is 12.2. The Morgan fingerprint density at radius 3 is 2.53 bits per heavy atom. The molecule has 0 radical (unpaired) electrons. The van der Waals surface area contributed by atoms with Gasteiger partial charge < -0.3 is 4.74 Å². The van der Waals surface area contributed by atoms with Crippen molar-refractivity contribution in [2.45, 2.75) is 19.4 Å². The van der Waals surface area contributed by atoms with E-state index < -0.39 is 0 Å². The maximum Gasteiger partial charge on any atom is 0.303 e. The molecule has 1 atom stereocenters. The first-order chi connectivity index (χ1) is 7.13. The van der Waals surface area contributed by atoms with E-state index in [1.807, 2.05) is 24.3 Å². The van der Waals surface area contributed by atoms with Gasteiger partial charge in [0, 0.05) is 22.8 Å². The number of esters is 1. The average molecular weight is 339 g/mol. The molecule has 1 aromatic carbocycles. The van der Waals surface area contributed by atoms with E-state index in [0.29, 0.717) is 12.3 Å². The van der Waals surface area contributed by atoms with Crippen molar-refractivity contribution < 1.29 is 9.53 Å². The fraction of sp³-hybridized carbons (Fsp3) is 0.364. The van der Waals surface area contributed by atoms with Crippen LogP contribution in [0, 0.1) is 3.57 Å². The molecule has 0 unspecified atom stereocenters. The van der Waals surface area contributed by atoms with Gasteiger partial charge in [-0.3, -0.25) is 4.79 Å². The Labute approximate surface area is 108 Å². The predicted octanol–water partition coefficient (Wildman–Crippen LogP) is 3.52. The van der Waals surface area contributed by atoms with Crippen molar-refractivity contribution in [3.05, 3.63) is 33.4 Å². The van der Waals surface area contributed by atoms with Crippen molar-refractivity contribution in [2.75, 3.05) is 5.88 Å². The summed E-state index contributed by atoms with van der Waals surface area (Å²) in [7, 11) is 0. The molecule has 2 nitrogen and oxygen atoms in total. The van der Waals surface area contributed by atoms with Gasteiger partial charge in [-0.2, -0.15) is 0 Å². The summed E-state index contributed by atoms with van der Waals surface area (Å²) in [6.07, 6.45) is 0.416. The van der Waals surface area contributed by atoms with Gasteiger partial charge in [-0.15, -0.1) is 11.6 Å². The Bertz CT molecular complexity index is 324. The van der Waals surface area contributed by atoms with Gasteiger partial charge >= 0.3 is 5.97 Å². The monoisotopic (exact) mass is 338 g/mol. The SMILES string of the molecule is CC(=O)O[C@@H](CCCl)c1ccc(I)cc1. The summed E-state index contributed by atoms with van der Waals surface area (Å²) in [5.41, 5.74) is 0.992. The predicted molar refractivity (Wildman–Crippen MR) is 69.0 cm³/mol. The van der Waals surface area contributed by atoms with E-state index in [1.165, 1.54) is 6.92 Å². The minimum atomic E-state index is -0.274. The molecule has 0 aromatic heterocycles. The van der Waals surface area contributed by atoms with Crippen LogP contribution in [0.3, 0.4) is 0 Å². The topological polar surface area (TPSA) is 26.3 Å². The standard InChI is InChI=1S/C11H12ClIO2/c1-8(14)15-11(6-7-12)9-2-4-10(13)5-3-9/h2-5,11H,6-7H2,1H3/t11-/m0/s1. The highest BCUT2D eigenvalue weighted by Crippen LogP contribution is 2.22. The molecule has 0 amide bonds. The number of benzene rings is 1. The minimum absolute atomic E-state index is 0.225. The molecule has 1 aromatic rings. The number of alkyl halides is 1. The van der Waals surface area contributed by atoms with Crippen LogP contribution in [0.15, 0.2) is 24.3 Å². The highest BCUT2D eigenvalue weighted by atomic mass is 127. The van der Waals surface area contributed by atoms with Gasteiger partial charge in [-0.25, -0.2) is 0 Å². The summed E-state index contributed by atoms with van der Waals surface area (Å²) in [5.74, 6) is 0.202. The lowest BCUT2D eigenvalue weighted by Gasteiger charge is -2.16. The Balaban J connectivity index is 2.78. The zero-order chi connectivity index (χ0) is 11.3. The molecule has 0 aliphatic rings. The summed E-state index contributed by atoms with van der Waals surface area (Å²) in [6, 6.07) is 7.89. The lowest BCUT2D eigenvalue weighted by molar-refractivity contribution is -0.146. The Kier molecular flexibility index (Phi) is 5.39. The second-order valence-corrected chi connectivity index (χ2v) is 4.75. The van der Waals surface area contributed by atoms with Gasteiger partial charge in [0.2, 0.25) is 0 Å². The summed E-state index contributed by atoms with van der Waals surface area (Å²) in [6.45, 7) is 1.41. The fourth-order valence-corrected chi connectivity index (χ4v) is 1.83. The number of rotatable bonds is 4. The Morgan fingerprint density at radius 2 is 2.07 bits per heavy atom.